The van der Waals surface area contributed by atoms with E-state index >= 15 is 0 Å². The van der Waals surface area contributed by atoms with Crippen LogP contribution in [0.1, 0.15) is 41.3 Å². The topological polar surface area (TPSA) is 111 Å². The van der Waals surface area contributed by atoms with E-state index in [-0.39, 0.29) is 23.8 Å². The second kappa shape index (κ2) is 8.79. The van der Waals surface area contributed by atoms with E-state index in [9.17, 15) is 19.7 Å². The van der Waals surface area contributed by atoms with E-state index in [0.29, 0.717) is 5.75 Å². The van der Waals surface area contributed by atoms with E-state index in [1.165, 1.54) is 18.2 Å². The maximum Gasteiger partial charge on any atom is 0.276 e. The van der Waals surface area contributed by atoms with Crippen LogP contribution >= 0.6 is 0 Å². The first-order valence-electron chi connectivity index (χ1n) is 8.35. The molecule has 0 bridgehead atoms. The molecule has 0 aromatic heterocycles. The largest absolute Gasteiger partial charge is 0.483 e. The number of aryl methyl sites for hydroxylation is 1. The Labute approximate surface area is 156 Å². The Hall–Kier alpha value is -3.42. The van der Waals surface area contributed by atoms with Crippen molar-refractivity contribution in [1.29, 1.82) is 0 Å². The summed E-state index contributed by atoms with van der Waals surface area (Å²) in [5.41, 5.74) is 6.28. The average Bonchev–Trinajstić information content (AvgIpc) is 2.64. The van der Waals surface area contributed by atoms with Gasteiger partial charge in [0.15, 0.2) is 6.61 Å². The van der Waals surface area contributed by atoms with Crippen LogP contribution in [0.15, 0.2) is 42.5 Å². The van der Waals surface area contributed by atoms with E-state index in [0.717, 1.165) is 17.2 Å². The van der Waals surface area contributed by atoms with E-state index in [1.54, 1.807) is 0 Å². The number of nitrogens with one attached hydrogen (secondary N) is 2. The SMILES string of the molecule is Cc1ccc(C(C)C)c(OCC(=O)NNC(=O)c2cccc([N+](=O)[O-])c2)c1. The maximum atomic E-state index is 12.0. The number of nitrogens with zero attached hydrogens (tertiary/aromatic N) is 1. The molecule has 27 heavy (non-hydrogen) atoms. The molecule has 0 unspecified atom stereocenters. The second-order valence-electron chi connectivity index (χ2n) is 6.29. The molecule has 0 fully saturated rings. The van der Waals surface area contributed by atoms with Crippen molar-refractivity contribution in [2.24, 2.45) is 0 Å². The van der Waals surface area contributed by atoms with E-state index in [1.807, 2.05) is 39.0 Å². The highest BCUT2D eigenvalue weighted by molar-refractivity contribution is 5.96. The molecule has 2 aromatic rings. The van der Waals surface area contributed by atoms with Gasteiger partial charge < -0.3 is 4.74 Å². The number of hydrazine groups is 1. The molecule has 8 heteroatoms. The standard InChI is InChI=1S/C19H21N3O5/c1-12(2)16-8-7-13(3)9-17(16)27-11-18(23)20-21-19(24)14-5-4-6-15(10-14)22(25)26/h4-10,12H,11H2,1-3H3,(H,20,23)(H,21,24). The molecular formula is C19H21N3O5. The van der Waals surface area contributed by atoms with E-state index < -0.39 is 16.7 Å². The minimum Gasteiger partial charge on any atom is -0.483 e. The van der Waals surface area contributed by atoms with Gasteiger partial charge in [-0.1, -0.05) is 32.0 Å². The maximum absolute atomic E-state index is 12.0. The zero-order chi connectivity index (χ0) is 20.0. The predicted octanol–water partition coefficient (Wildman–Crippen LogP) is 2.87. The van der Waals surface area contributed by atoms with Crippen LogP contribution in [0.2, 0.25) is 0 Å². The van der Waals surface area contributed by atoms with Crippen molar-refractivity contribution in [2.75, 3.05) is 6.61 Å². The van der Waals surface area contributed by atoms with Gasteiger partial charge in [-0.2, -0.15) is 0 Å². The fourth-order valence-electron chi connectivity index (χ4n) is 2.38. The van der Waals surface area contributed by atoms with Crippen molar-refractivity contribution < 1.29 is 19.2 Å². The van der Waals surface area contributed by atoms with Crippen LogP contribution in [0.25, 0.3) is 0 Å². The van der Waals surface area contributed by atoms with Crippen LogP contribution in [0, 0.1) is 17.0 Å². The summed E-state index contributed by atoms with van der Waals surface area (Å²) in [6, 6.07) is 11.0. The van der Waals surface area contributed by atoms with Gasteiger partial charge in [-0.05, 0) is 36.1 Å². The van der Waals surface area contributed by atoms with Crippen molar-refractivity contribution in [3.05, 3.63) is 69.3 Å². The Kier molecular flexibility index (Phi) is 6.48. The Morgan fingerprint density at radius 2 is 1.89 bits per heavy atom. The summed E-state index contributed by atoms with van der Waals surface area (Å²) in [5.74, 6) is -0.363. The molecule has 0 aliphatic carbocycles. The van der Waals surface area contributed by atoms with Crippen molar-refractivity contribution in [2.45, 2.75) is 26.7 Å². The van der Waals surface area contributed by atoms with Gasteiger partial charge >= 0.3 is 0 Å². The zero-order valence-corrected chi connectivity index (χ0v) is 15.3. The van der Waals surface area contributed by atoms with Gasteiger partial charge in [0, 0.05) is 17.7 Å². The van der Waals surface area contributed by atoms with Gasteiger partial charge in [-0.3, -0.25) is 30.6 Å². The summed E-state index contributed by atoms with van der Waals surface area (Å²) < 4.78 is 5.58. The fraction of sp³-hybridized carbons (Fsp3) is 0.263. The van der Waals surface area contributed by atoms with Gasteiger partial charge in [-0.15, -0.1) is 0 Å². The van der Waals surface area contributed by atoms with Gasteiger partial charge in [0.1, 0.15) is 5.75 Å². The minimum absolute atomic E-state index is 0.0613. The van der Waals surface area contributed by atoms with Crippen LogP contribution in [0.3, 0.4) is 0 Å². The molecule has 2 rings (SSSR count). The van der Waals surface area contributed by atoms with Crippen LogP contribution in [-0.4, -0.2) is 23.3 Å². The van der Waals surface area contributed by atoms with Gasteiger partial charge in [0.2, 0.25) is 0 Å². The zero-order valence-electron chi connectivity index (χ0n) is 15.3. The first kappa shape index (κ1) is 19.9. The molecule has 2 amide bonds. The molecule has 0 heterocycles. The number of rotatable bonds is 6. The van der Waals surface area contributed by atoms with Crippen LogP contribution < -0.4 is 15.6 Å². The summed E-state index contributed by atoms with van der Waals surface area (Å²) in [6.07, 6.45) is 0. The molecule has 0 atom stereocenters. The lowest BCUT2D eigenvalue weighted by Gasteiger charge is -2.15. The number of benzene rings is 2. The third kappa shape index (κ3) is 5.53. The normalized spacial score (nSPS) is 10.4. The number of carbonyl (C=O) groups is 2. The number of nitro benzene ring substituents is 1. The number of hydrogen-bond donors (Lipinski definition) is 2. The monoisotopic (exact) mass is 371 g/mol. The Balaban J connectivity index is 1.92. The van der Waals surface area contributed by atoms with Gasteiger partial charge in [0.05, 0.1) is 4.92 Å². The highest BCUT2D eigenvalue weighted by Crippen LogP contribution is 2.27. The van der Waals surface area contributed by atoms with Crippen LogP contribution in [0.5, 0.6) is 5.75 Å². The Morgan fingerprint density at radius 1 is 1.15 bits per heavy atom. The lowest BCUT2D eigenvalue weighted by molar-refractivity contribution is -0.384. The Morgan fingerprint density at radius 3 is 2.56 bits per heavy atom. The van der Waals surface area contributed by atoms with E-state index in [2.05, 4.69) is 10.9 Å². The Bertz CT molecular complexity index is 864. The smallest absolute Gasteiger partial charge is 0.276 e. The molecule has 8 nitrogen and oxygen atoms in total. The quantitative estimate of drug-likeness (QED) is 0.599. The van der Waals surface area contributed by atoms with Crippen LogP contribution in [0.4, 0.5) is 5.69 Å². The summed E-state index contributed by atoms with van der Waals surface area (Å²) in [5, 5.41) is 10.7. The molecule has 142 valence electrons. The number of carbonyl (C=O) groups excluding carboxylic acids is 2. The highest BCUT2D eigenvalue weighted by Gasteiger charge is 2.13. The molecule has 2 N–H and O–H groups in total. The molecule has 2 aromatic carbocycles. The van der Waals surface area contributed by atoms with Gasteiger partial charge in [-0.25, -0.2) is 0 Å². The first-order chi connectivity index (χ1) is 12.8. The summed E-state index contributed by atoms with van der Waals surface area (Å²) >= 11 is 0. The molecule has 0 saturated heterocycles. The fourth-order valence-corrected chi connectivity index (χ4v) is 2.38. The molecule has 0 radical (unpaired) electrons. The third-order valence-electron chi connectivity index (χ3n) is 3.78. The van der Waals surface area contributed by atoms with Gasteiger partial charge in [0.25, 0.3) is 17.5 Å². The second-order valence-corrected chi connectivity index (χ2v) is 6.29. The molecule has 0 saturated carbocycles. The van der Waals surface area contributed by atoms with E-state index in [4.69, 9.17) is 4.74 Å². The number of amides is 2. The minimum atomic E-state index is -0.662. The number of hydrogen-bond acceptors (Lipinski definition) is 5. The van der Waals surface area contributed by atoms with Crippen molar-refractivity contribution in [1.82, 2.24) is 10.9 Å². The first-order valence-corrected chi connectivity index (χ1v) is 8.35. The van der Waals surface area contributed by atoms with Crippen molar-refractivity contribution >= 4 is 17.5 Å². The number of ether oxygens (including phenoxy) is 1. The average molecular weight is 371 g/mol. The van der Waals surface area contributed by atoms with Crippen molar-refractivity contribution in [3.63, 3.8) is 0 Å². The lowest BCUT2D eigenvalue weighted by Crippen LogP contribution is -2.43. The lowest BCUT2D eigenvalue weighted by atomic mass is 10.0. The predicted molar refractivity (Wildman–Crippen MR) is 99.5 cm³/mol. The molecule has 0 spiro atoms. The van der Waals surface area contributed by atoms with Crippen LogP contribution in [-0.2, 0) is 4.79 Å². The summed E-state index contributed by atoms with van der Waals surface area (Å²) in [7, 11) is 0. The highest BCUT2D eigenvalue weighted by atomic mass is 16.6. The summed E-state index contributed by atoms with van der Waals surface area (Å²) in [4.78, 5) is 34.1. The molecule has 0 aliphatic heterocycles. The third-order valence-corrected chi connectivity index (χ3v) is 3.78. The number of non-ortho nitro benzene ring substituents is 1. The number of nitro groups is 1. The molecular weight excluding hydrogens is 350 g/mol. The summed E-state index contributed by atoms with van der Waals surface area (Å²) in [6.45, 7) is 5.70. The van der Waals surface area contributed by atoms with Crippen molar-refractivity contribution in [3.8, 4) is 5.75 Å². The molecule has 0 aliphatic rings.